The number of nitrogens with zero attached hydrogens (tertiary/aromatic N) is 3. The molecule has 3 aromatic rings. The van der Waals surface area contributed by atoms with Gasteiger partial charge in [-0.1, -0.05) is 48.5 Å². The van der Waals surface area contributed by atoms with Gasteiger partial charge in [0.05, 0.1) is 29.7 Å². The number of carbonyl (C=O) groups is 1. The van der Waals surface area contributed by atoms with E-state index in [4.69, 9.17) is 0 Å². The zero-order valence-electron chi connectivity index (χ0n) is 14.3. The monoisotopic (exact) mass is 332 g/mol. The highest BCUT2D eigenvalue weighted by molar-refractivity contribution is 5.85. The van der Waals surface area contributed by atoms with Gasteiger partial charge in [-0.15, -0.1) is 0 Å². The number of benzene rings is 2. The molecule has 0 saturated carbocycles. The van der Waals surface area contributed by atoms with E-state index < -0.39 is 0 Å². The summed E-state index contributed by atoms with van der Waals surface area (Å²) in [6, 6.07) is 19.5. The van der Waals surface area contributed by atoms with Crippen LogP contribution in [-0.2, 0) is 11.2 Å². The molecule has 1 amide bonds. The second kappa shape index (κ2) is 7.57. The van der Waals surface area contributed by atoms with Crippen LogP contribution in [-0.4, -0.2) is 21.9 Å². The zero-order valence-corrected chi connectivity index (χ0v) is 14.3. The summed E-state index contributed by atoms with van der Waals surface area (Å²) in [6.45, 7) is 3.92. The highest BCUT2D eigenvalue weighted by Crippen LogP contribution is 2.16. The lowest BCUT2D eigenvalue weighted by Gasteiger charge is -2.03. The molecule has 0 fully saturated rings. The first-order valence-electron chi connectivity index (χ1n) is 8.12. The lowest BCUT2D eigenvalue weighted by Crippen LogP contribution is -2.19. The number of carbonyl (C=O) groups excluding carboxylic acids is 1. The Morgan fingerprint density at radius 2 is 1.72 bits per heavy atom. The number of aromatic nitrogens is 2. The number of hydrogen-bond acceptors (Lipinski definition) is 3. The second-order valence-electron chi connectivity index (χ2n) is 5.79. The molecule has 0 aliphatic rings. The number of hydrazone groups is 1. The van der Waals surface area contributed by atoms with Crippen molar-refractivity contribution >= 4 is 12.1 Å². The molecule has 0 aliphatic carbocycles. The molecule has 126 valence electrons. The molecule has 5 nitrogen and oxygen atoms in total. The Balaban J connectivity index is 1.70. The van der Waals surface area contributed by atoms with Gasteiger partial charge in [0, 0.05) is 5.56 Å². The predicted molar refractivity (Wildman–Crippen MR) is 98.9 cm³/mol. The van der Waals surface area contributed by atoms with Crippen LogP contribution in [0.2, 0.25) is 0 Å². The minimum atomic E-state index is -0.145. The van der Waals surface area contributed by atoms with Crippen molar-refractivity contribution in [2.24, 2.45) is 5.10 Å². The van der Waals surface area contributed by atoms with Crippen LogP contribution in [0.4, 0.5) is 0 Å². The maximum absolute atomic E-state index is 12.0. The molecule has 0 unspecified atom stereocenters. The van der Waals surface area contributed by atoms with Crippen molar-refractivity contribution in [3.8, 4) is 5.69 Å². The number of aryl methyl sites for hydroxylation is 1. The lowest BCUT2D eigenvalue weighted by atomic mass is 10.1. The van der Waals surface area contributed by atoms with E-state index in [2.05, 4.69) is 15.6 Å². The quantitative estimate of drug-likeness (QED) is 0.576. The molecule has 2 aromatic carbocycles. The Morgan fingerprint density at radius 1 is 1.08 bits per heavy atom. The molecule has 1 N–H and O–H groups in total. The van der Waals surface area contributed by atoms with Crippen LogP contribution in [0.3, 0.4) is 0 Å². The largest absolute Gasteiger partial charge is 0.273 e. The van der Waals surface area contributed by atoms with Crippen LogP contribution in [0.5, 0.6) is 0 Å². The van der Waals surface area contributed by atoms with Crippen molar-refractivity contribution in [3.05, 3.63) is 83.2 Å². The Labute approximate surface area is 147 Å². The molecule has 5 heteroatoms. The molecule has 1 aromatic heterocycles. The second-order valence-corrected chi connectivity index (χ2v) is 5.79. The van der Waals surface area contributed by atoms with Crippen molar-refractivity contribution in [1.29, 1.82) is 0 Å². The lowest BCUT2D eigenvalue weighted by molar-refractivity contribution is -0.120. The SMILES string of the molecule is Cc1nn(-c2ccccc2)c(C)c1/C=N\NC(=O)Cc1ccccc1. The van der Waals surface area contributed by atoms with E-state index in [1.807, 2.05) is 79.2 Å². The van der Waals surface area contributed by atoms with Crippen LogP contribution in [0, 0.1) is 13.8 Å². The Bertz CT molecular complexity index is 883. The van der Waals surface area contributed by atoms with Crippen molar-refractivity contribution in [1.82, 2.24) is 15.2 Å². The van der Waals surface area contributed by atoms with Gasteiger partial charge in [0.1, 0.15) is 0 Å². The normalized spacial score (nSPS) is 11.0. The van der Waals surface area contributed by atoms with E-state index in [0.717, 1.165) is 28.2 Å². The minimum absolute atomic E-state index is 0.145. The van der Waals surface area contributed by atoms with Gasteiger partial charge in [0.15, 0.2) is 0 Å². The molecule has 0 aliphatic heterocycles. The number of hydrogen-bond donors (Lipinski definition) is 1. The highest BCUT2D eigenvalue weighted by atomic mass is 16.2. The first-order valence-corrected chi connectivity index (χ1v) is 8.12. The third-order valence-corrected chi connectivity index (χ3v) is 3.94. The fraction of sp³-hybridized carbons (Fsp3) is 0.150. The summed E-state index contributed by atoms with van der Waals surface area (Å²) in [4.78, 5) is 12.0. The summed E-state index contributed by atoms with van der Waals surface area (Å²) >= 11 is 0. The van der Waals surface area contributed by atoms with Gasteiger partial charge in [0.25, 0.3) is 0 Å². The average molecular weight is 332 g/mol. The van der Waals surface area contributed by atoms with Gasteiger partial charge < -0.3 is 0 Å². The molecule has 1 heterocycles. The van der Waals surface area contributed by atoms with E-state index in [9.17, 15) is 4.79 Å². The molecule has 3 rings (SSSR count). The van der Waals surface area contributed by atoms with Crippen LogP contribution in [0.15, 0.2) is 65.8 Å². The average Bonchev–Trinajstić information content (AvgIpc) is 2.91. The Morgan fingerprint density at radius 3 is 2.40 bits per heavy atom. The van der Waals surface area contributed by atoms with Gasteiger partial charge in [-0.05, 0) is 31.5 Å². The molecular formula is C20H20N4O. The molecule has 0 atom stereocenters. The van der Waals surface area contributed by atoms with Gasteiger partial charge >= 0.3 is 0 Å². The van der Waals surface area contributed by atoms with Crippen molar-refractivity contribution in [2.45, 2.75) is 20.3 Å². The summed E-state index contributed by atoms with van der Waals surface area (Å²) in [6.07, 6.45) is 1.96. The fourth-order valence-electron chi connectivity index (χ4n) is 2.65. The Kier molecular flexibility index (Phi) is 5.04. The maximum Gasteiger partial charge on any atom is 0.244 e. The number of rotatable bonds is 5. The van der Waals surface area contributed by atoms with Gasteiger partial charge in [-0.2, -0.15) is 10.2 Å². The molecule has 0 bridgehead atoms. The van der Waals surface area contributed by atoms with Crippen LogP contribution < -0.4 is 5.43 Å². The van der Waals surface area contributed by atoms with Gasteiger partial charge in [0.2, 0.25) is 5.91 Å². The molecular weight excluding hydrogens is 312 g/mol. The first-order chi connectivity index (χ1) is 12.1. The molecule has 25 heavy (non-hydrogen) atoms. The predicted octanol–water partition coefficient (Wildman–Crippen LogP) is 3.18. The standard InChI is InChI=1S/C20H20N4O/c1-15-19(16(2)24(23-15)18-11-7-4-8-12-18)14-21-22-20(25)13-17-9-5-3-6-10-17/h3-12,14H,13H2,1-2H3,(H,22,25)/b21-14-. The minimum Gasteiger partial charge on any atom is -0.273 e. The smallest absolute Gasteiger partial charge is 0.244 e. The van der Waals surface area contributed by atoms with Crippen LogP contribution in [0.25, 0.3) is 5.69 Å². The van der Waals surface area contributed by atoms with Crippen LogP contribution >= 0.6 is 0 Å². The maximum atomic E-state index is 12.0. The van der Waals surface area contributed by atoms with Crippen LogP contribution in [0.1, 0.15) is 22.5 Å². The topological polar surface area (TPSA) is 59.3 Å². The summed E-state index contributed by atoms with van der Waals surface area (Å²) in [7, 11) is 0. The van der Waals surface area contributed by atoms with E-state index >= 15 is 0 Å². The third-order valence-electron chi connectivity index (χ3n) is 3.94. The van der Waals surface area contributed by atoms with Gasteiger partial charge in [-0.25, -0.2) is 10.1 Å². The van der Waals surface area contributed by atoms with E-state index in [0.29, 0.717) is 6.42 Å². The summed E-state index contributed by atoms with van der Waals surface area (Å²) in [5, 5.41) is 8.65. The molecule has 0 saturated heterocycles. The van der Waals surface area contributed by atoms with E-state index in [1.54, 1.807) is 6.21 Å². The van der Waals surface area contributed by atoms with Crippen molar-refractivity contribution in [2.75, 3.05) is 0 Å². The number of nitrogens with one attached hydrogen (secondary N) is 1. The Hall–Kier alpha value is -3.21. The summed E-state index contributed by atoms with van der Waals surface area (Å²) in [5.74, 6) is -0.145. The number of para-hydroxylation sites is 1. The van der Waals surface area contributed by atoms with Crippen molar-refractivity contribution < 1.29 is 4.79 Å². The van der Waals surface area contributed by atoms with Crippen molar-refractivity contribution in [3.63, 3.8) is 0 Å². The highest BCUT2D eigenvalue weighted by Gasteiger charge is 2.11. The van der Waals surface area contributed by atoms with Gasteiger partial charge in [-0.3, -0.25) is 4.79 Å². The zero-order chi connectivity index (χ0) is 17.6. The molecule has 0 spiro atoms. The first kappa shape index (κ1) is 16.6. The summed E-state index contributed by atoms with van der Waals surface area (Å²) < 4.78 is 1.88. The fourth-order valence-corrected chi connectivity index (χ4v) is 2.65. The molecule has 0 radical (unpaired) electrons. The van der Waals surface area contributed by atoms with E-state index in [1.165, 1.54) is 0 Å². The third kappa shape index (κ3) is 4.01. The summed E-state index contributed by atoms with van der Waals surface area (Å²) in [5.41, 5.74) is 7.28. The van der Waals surface area contributed by atoms with E-state index in [-0.39, 0.29) is 5.91 Å². The number of amides is 1.